The Hall–Kier alpha value is -4.05. The van der Waals surface area contributed by atoms with Crippen LogP contribution in [-0.4, -0.2) is 30.6 Å². The second-order valence-corrected chi connectivity index (χ2v) is 9.22. The Bertz CT molecular complexity index is 1280. The highest BCUT2D eigenvalue weighted by molar-refractivity contribution is 5.94. The molecule has 2 aliphatic heterocycles. The van der Waals surface area contributed by atoms with Gasteiger partial charge < -0.3 is 19.7 Å². The Kier molecular flexibility index (Phi) is 6.28. The Morgan fingerprint density at radius 2 is 2.11 bits per heavy atom. The third-order valence-electron chi connectivity index (χ3n) is 6.70. The van der Waals surface area contributed by atoms with E-state index in [2.05, 4.69) is 45.5 Å². The lowest BCUT2D eigenvalue weighted by molar-refractivity contribution is 0.0950. The summed E-state index contributed by atoms with van der Waals surface area (Å²) < 4.78 is 11.7. The van der Waals surface area contributed by atoms with E-state index in [1.807, 2.05) is 19.1 Å². The molecule has 2 aromatic carbocycles. The summed E-state index contributed by atoms with van der Waals surface area (Å²) in [6, 6.07) is 19.7. The molecule has 35 heavy (non-hydrogen) atoms. The molecule has 0 spiro atoms. The smallest absolute Gasteiger partial charge is 0.251 e. The number of benzene rings is 2. The number of hydrogen-bond donors (Lipinski definition) is 1. The number of anilines is 1. The summed E-state index contributed by atoms with van der Waals surface area (Å²) >= 11 is 0. The van der Waals surface area contributed by atoms with Crippen LogP contribution in [-0.2, 0) is 18.6 Å². The van der Waals surface area contributed by atoms with E-state index < -0.39 is 5.41 Å². The number of amides is 1. The van der Waals surface area contributed by atoms with Crippen LogP contribution in [0.15, 0.2) is 60.8 Å². The fraction of sp³-hybridized carbons (Fsp3) is 0.321. The molecule has 2 aliphatic rings. The van der Waals surface area contributed by atoms with E-state index in [1.165, 1.54) is 12.1 Å². The van der Waals surface area contributed by atoms with Crippen molar-refractivity contribution in [3.05, 3.63) is 83.2 Å². The van der Waals surface area contributed by atoms with E-state index in [4.69, 9.17) is 9.47 Å². The zero-order chi connectivity index (χ0) is 24.3. The van der Waals surface area contributed by atoms with Crippen molar-refractivity contribution < 1.29 is 14.3 Å². The fourth-order valence-corrected chi connectivity index (χ4v) is 4.34. The zero-order valence-corrected chi connectivity index (χ0v) is 19.8. The standard InChI is InChI=1S/C28H28N4O3/c1-28(19-29)9-13-34-26-7-6-21(15-25(26)28)27(33)31-17-22-16-24(8-10-30-22)35-18-20-4-2-5-23(14-20)32-11-3-12-32/h2,4-8,10,14-16H,3,9,11-13,17-18H2,1H3,(H,31,33)/t28-/m0/s1. The number of hydrogen-bond acceptors (Lipinski definition) is 6. The lowest BCUT2D eigenvalue weighted by Gasteiger charge is -2.33. The van der Waals surface area contributed by atoms with Gasteiger partial charge in [-0.25, -0.2) is 0 Å². The van der Waals surface area contributed by atoms with Crippen molar-refractivity contribution >= 4 is 11.6 Å². The Morgan fingerprint density at radius 3 is 2.91 bits per heavy atom. The van der Waals surface area contributed by atoms with Crippen LogP contribution in [0, 0.1) is 11.3 Å². The van der Waals surface area contributed by atoms with E-state index in [9.17, 15) is 10.1 Å². The molecule has 1 atom stereocenters. The van der Waals surface area contributed by atoms with Crippen molar-refractivity contribution in [1.29, 1.82) is 5.26 Å². The lowest BCUT2D eigenvalue weighted by Crippen LogP contribution is -2.36. The molecule has 3 aromatic rings. The van der Waals surface area contributed by atoms with E-state index in [1.54, 1.807) is 24.4 Å². The summed E-state index contributed by atoms with van der Waals surface area (Å²) in [5, 5.41) is 12.6. The second-order valence-electron chi connectivity index (χ2n) is 9.22. The molecule has 178 valence electrons. The van der Waals surface area contributed by atoms with Gasteiger partial charge in [-0.15, -0.1) is 0 Å². The molecule has 7 nitrogen and oxygen atoms in total. The molecular formula is C28H28N4O3. The van der Waals surface area contributed by atoms with Crippen molar-refractivity contribution in [2.45, 2.75) is 38.3 Å². The predicted molar refractivity (Wildman–Crippen MR) is 133 cm³/mol. The average Bonchev–Trinajstić information content (AvgIpc) is 2.85. The topological polar surface area (TPSA) is 87.5 Å². The van der Waals surface area contributed by atoms with E-state index >= 15 is 0 Å². The largest absolute Gasteiger partial charge is 0.493 e. The van der Waals surface area contributed by atoms with Gasteiger partial charge in [0.05, 0.1) is 30.3 Å². The van der Waals surface area contributed by atoms with Crippen molar-refractivity contribution in [3.63, 3.8) is 0 Å². The van der Waals surface area contributed by atoms with Crippen molar-refractivity contribution in [3.8, 4) is 17.6 Å². The molecule has 0 aliphatic carbocycles. The van der Waals surface area contributed by atoms with Gasteiger partial charge in [-0.2, -0.15) is 5.26 Å². The molecule has 5 rings (SSSR count). The first-order valence-corrected chi connectivity index (χ1v) is 11.9. The molecule has 1 aromatic heterocycles. The summed E-state index contributed by atoms with van der Waals surface area (Å²) in [6.45, 7) is 5.33. The van der Waals surface area contributed by atoms with Crippen LogP contribution in [0.25, 0.3) is 0 Å². The molecule has 1 amide bonds. The maximum absolute atomic E-state index is 12.8. The lowest BCUT2D eigenvalue weighted by atomic mass is 9.78. The molecule has 1 fully saturated rings. The molecular weight excluding hydrogens is 440 g/mol. The van der Waals surface area contributed by atoms with Gasteiger partial charge in [0.1, 0.15) is 18.1 Å². The normalized spacial score (nSPS) is 18.5. The first-order chi connectivity index (χ1) is 17.0. The summed E-state index contributed by atoms with van der Waals surface area (Å²) in [6.07, 6.45) is 3.53. The number of pyridine rings is 1. The summed E-state index contributed by atoms with van der Waals surface area (Å²) in [5.41, 5.74) is 3.64. The minimum Gasteiger partial charge on any atom is -0.493 e. The molecule has 0 unspecified atom stereocenters. The van der Waals surface area contributed by atoms with Crippen LogP contribution in [0.4, 0.5) is 5.69 Å². The number of fused-ring (bicyclic) bond motifs is 1. The van der Waals surface area contributed by atoms with Crippen LogP contribution in [0.2, 0.25) is 0 Å². The number of nitriles is 1. The highest BCUT2D eigenvalue weighted by atomic mass is 16.5. The predicted octanol–water partition coefficient (Wildman–Crippen LogP) is 4.36. The minimum atomic E-state index is -0.661. The van der Waals surface area contributed by atoms with Crippen LogP contribution < -0.4 is 19.7 Å². The van der Waals surface area contributed by atoms with Crippen molar-refractivity contribution in [2.24, 2.45) is 0 Å². The quantitative estimate of drug-likeness (QED) is 0.554. The van der Waals surface area contributed by atoms with Gasteiger partial charge in [-0.1, -0.05) is 12.1 Å². The number of ether oxygens (including phenoxy) is 2. The first-order valence-electron chi connectivity index (χ1n) is 11.9. The van der Waals surface area contributed by atoms with E-state index in [-0.39, 0.29) is 12.5 Å². The molecule has 1 N–H and O–H groups in total. The minimum absolute atomic E-state index is 0.227. The fourth-order valence-electron chi connectivity index (χ4n) is 4.34. The van der Waals surface area contributed by atoms with Crippen LogP contribution in [0.5, 0.6) is 11.5 Å². The Balaban J connectivity index is 1.20. The summed E-state index contributed by atoms with van der Waals surface area (Å²) in [5.74, 6) is 1.14. The second kappa shape index (κ2) is 9.67. The van der Waals surface area contributed by atoms with Crippen molar-refractivity contribution in [2.75, 3.05) is 24.6 Å². The number of nitrogens with one attached hydrogen (secondary N) is 1. The van der Waals surface area contributed by atoms with Gasteiger partial charge in [0.15, 0.2) is 0 Å². The first kappa shape index (κ1) is 22.7. The number of carbonyl (C=O) groups excluding carboxylic acids is 1. The van der Waals surface area contributed by atoms with Crippen molar-refractivity contribution in [1.82, 2.24) is 10.3 Å². The third kappa shape index (κ3) is 4.92. The monoisotopic (exact) mass is 468 g/mol. The summed E-state index contributed by atoms with van der Waals surface area (Å²) in [7, 11) is 0. The Labute approximate surface area is 205 Å². The summed E-state index contributed by atoms with van der Waals surface area (Å²) in [4.78, 5) is 19.5. The third-order valence-corrected chi connectivity index (χ3v) is 6.70. The number of aromatic nitrogens is 1. The van der Waals surface area contributed by atoms with Crippen LogP contribution in [0.3, 0.4) is 0 Å². The number of rotatable bonds is 7. The van der Waals surface area contributed by atoms with Gasteiger partial charge in [-0.05, 0) is 55.3 Å². The van der Waals surface area contributed by atoms with E-state index in [0.717, 1.165) is 24.2 Å². The zero-order valence-electron chi connectivity index (χ0n) is 19.8. The van der Waals surface area contributed by atoms with Gasteiger partial charge in [0.25, 0.3) is 5.91 Å². The van der Waals surface area contributed by atoms with Gasteiger partial charge in [0, 0.05) is 48.6 Å². The molecule has 1 saturated heterocycles. The van der Waals surface area contributed by atoms with Gasteiger partial charge in [-0.3, -0.25) is 9.78 Å². The number of nitrogens with zero attached hydrogens (tertiary/aromatic N) is 3. The average molecular weight is 469 g/mol. The highest BCUT2D eigenvalue weighted by Gasteiger charge is 2.34. The van der Waals surface area contributed by atoms with Crippen LogP contribution in [0.1, 0.15) is 46.9 Å². The van der Waals surface area contributed by atoms with E-state index in [0.29, 0.717) is 42.4 Å². The molecule has 0 saturated carbocycles. The van der Waals surface area contributed by atoms with Gasteiger partial charge >= 0.3 is 0 Å². The molecule has 3 heterocycles. The maximum atomic E-state index is 12.8. The molecule has 0 bridgehead atoms. The SMILES string of the molecule is C[C@@]1(C#N)CCOc2ccc(C(=O)NCc3cc(OCc4cccc(N5CCC5)c4)ccn3)cc21. The Morgan fingerprint density at radius 1 is 1.23 bits per heavy atom. The molecule has 0 radical (unpaired) electrons. The molecule has 7 heteroatoms. The van der Waals surface area contributed by atoms with Gasteiger partial charge in [0.2, 0.25) is 0 Å². The maximum Gasteiger partial charge on any atom is 0.251 e. The van der Waals surface area contributed by atoms with Crippen LogP contribution >= 0.6 is 0 Å². The highest BCUT2D eigenvalue weighted by Crippen LogP contribution is 2.38. The number of carbonyl (C=O) groups is 1.